The van der Waals surface area contributed by atoms with Gasteiger partial charge in [0, 0.05) is 18.0 Å². The van der Waals surface area contributed by atoms with Gasteiger partial charge in [-0.15, -0.1) is 0 Å². The fourth-order valence-electron chi connectivity index (χ4n) is 3.86. The first-order chi connectivity index (χ1) is 15.6. The number of hydrogen-bond acceptors (Lipinski definition) is 6. The molecule has 0 unspecified atom stereocenters. The van der Waals surface area contributed by atoms with Gasteiger partial charge in [0.15, 0.2) is 0 Å². The molecule has 32 heavy (non-hydrogen) atoms. The highest BCUT2D eigenvalue weighted by molar-refractivity contribution is 6.33. The first kappa shape index (κ1) is 22.3. The average Bonchev–Trinajstić information content (AvgIpc) is 3.27. The minimum atomic E-state index is 0.0164. The van der Waals surface area contributed by atoms with Crippen molar-refractivity contribution in [2.24, 2.45) is 5.92 Å². The van der Waals surface area contributed by atoms with E-state index in [1.165, 1.54) is 0 Å². The molecule has 2 aromatic carbocycles. The molecule has 1 aromatic heterocycles. The van der Waals surface area contributed by atoms with Crippen molar-refractivity contribution in [1.29, 1.82) is 0 Å². The number of carbonyl (C=O) groups excluding carboxylic acids is 1. The minimum Gasteiger partial charge on any atom is -0.494 e. The standard InChI is InChI=1S/C24H27ClN4O3/c1-2-31-19-7-5-6-17(14-19)15-26-24(30)18-10-12-29(13-11-18)16-22-27-23(28-32-22)20-8-3-4-9-21(20)25/h3-9,14,18H,2,10-13,15-16H2,1H3,(H,26,30). The molecule has 8 heteroatoms. The molecule has 7 nitrogen and oxygen atoms in total. The summed E-state index contributed by atoms with van der Waals surface area (Å²) in [5.41, 5.74) is 1.79. The SMILES string of the molecule is CCOc1cccc(CNC(=O)C2CCN(Cc3nc(-c4ccccc4Cl)no3)CC2)c1. The Hall–Kier alpha value is -2.90. The van der Waals surface area contributed by atoms with Crippen molar-refractivity contribution in [3.05, 3.63) is 65.0 Å². The molecule has 1 fully saturated rings. The summed E-state index contributed by atoms with van der Waals surface area (Å²) >= 11 is 6.22. The zero-order valence-corrected chi connectivity index (χ0v) is 18.8. The van der Waals surface area contributed by atoms with Crippen LogP contribution in [0.15, 0.2) is 53.1 Å². The Labute approximate surface area is 192 Å². The topological polar surface area (TPSA) is 80.5 Å². The molecule has 168 valence electrons. The molecule has 0 aliphatic carbocycles. The third kappa shape index (κ3) is 5.66. The Morgan fingerprint density at radius 1 is 1.22 bits per heavy atom. The summed E-state index contributed by atoms with van der Waals surface area (Å²) in [4.78, 5) is 19.3. The van der Waals surface area contributed by atoms with Crippen LogP contribution in [0, 0.1) is 5.92 Å². The monoisotopic (exact) mass is 454 g/mol. The van der Waals surface area contributed by atoms with Crippen molar-refractivity contribution in [2.45, 2.75) is 32.9 Å². The highest BCUT2D eigenvalue weighted by atomic mass is 35.5. The van der Waals surface area contributed by atoms with Gasteiger partial charge in [-0.25, -0.2) is 0 Å². The number of ether oxygens (including phenoxy) is 1. The number of hydrogen-bond donors (Lipinski definition) is 1. The van der Waals surface area contributed by atoms with Crippen LogP contribution in [0.1, 0.15) is 31.2 Å². The molecular weight excluding hydrogens is 428 g/mol. The van der Waals surface area contributed by atoms with Gasteiger partial charge in [-0.3, -0.25) is 9.69 Å². The van der Waals surface area contributed by atoms with E-state index in [1.807, 2.05) is 49.4 Å². The molecule has 2 heterocycles. The molecule has 3 aromatic rings. The summed E-state index contributed by atoms with van der Waals surface area (Å²) in [6, 6.07) is 15.3. The molecule has 0 atom stereocenters. The van der Waals surface area contributed by atoms with Crippen LogP contribution in [0.4, 0.5) is 0 Å². The van der Waals surface area contributed by atoms with E-state index in [-0.39, 0.29) is 11.8 Å². The van der Waals surface area contributed by atoms with Gasteiger partial charge in [-0.05, 0) is 62.7 Å². The summed E-state index contributed by atoms with van der Waals surface area (Å²) < 4.78 is 10.9. The number of nitrogens with one attached hydrogen (secondary N) is 1. The van der Waals surface area contributed by atoms with E-state index in [9.17, 15) is 4.79 Å². The normalized spacial score (nSPS) is 14.9. The number of nitrogens with zero attached hydrogens (tertiary/aromatic N) is 3. The van der Waals surface area contributed by atoms with E-state index in [2.05, 4.69) is 20.4 Å². The second-order valence-electron chi connectivity index (χ2n) is 7.84. The first-order valence-electron chi connectivity index (χ1n) is 10.9. The van der Waals surface area contributed by atoms with E-state index in [4.69, 9.17) is 20.9 Å². The van der Waals surface area contributed by atoms with Crippen LogP contribution in [0.3, 0.4) is 0 Å². The Morgan fingerprint density at radius 3 is 2.81 bits per heavy atom. The lowest BCUT2D eigenvalue weighted by atomic mass is 9.96. The van der Waals surface area contributed by atoms with Crippen molar-refractivity contribution >= 4 is 17.5 Å². The number of halogens is 1. The summed E-state index contributed by atoms with van der Waals surface area (Å²) in [6.45, 7) is 5.27. The maximum atomic E-state index is 12.6. The fourth-order valence-corrected chi connectivity index (χ4v) is 4.08. The van der Waals surface area contributed by atoms with Gasteiger partial charge in [-0.2, -0.15) is 4.98 Å². The summed E-state index contributed by atoms with van der Waals surface area (Å²) in [6.07, 6.45) is 1.60. The number of aromatic nitrogens is 2. The number of carbonyl (C=O) groups is 1. The van der Waals surface area contributed by atoms with Crippen molar-refractivity contribution in [2.75, 3.05) is 19.7 Å². The zero-order valence-electron chi connectivity index (χ0n) is 18.1. The molecule has 0 radical (unpaired) electrons. The Bertz CT molecular complexity index is 1050. The maximum absolute atomic E-state index is 12.6. The maximum Gasteiger partial charge on any atom is 0.241 e. The average molecular weight is 455 g/mol. The van der Waals surface area contributed by atoms with Gasteiger partial charge in [0.1, 0.15) is 5.75 Å². The van der Waals surface area contributed by atoms with E-state index in [0.717, 1.165) is 42.8 Å². The number of piperidine rings is 1. The van der Waals surface area contributed by atoms with Crippen molar-refractivity contribution in [3.63, 3.8) is 0 Å². The molecule has 0 bridgehead atoms. The zero-order chi connectivity index (χ0) is 22.3. The lowest BCUT2D eigenvalue weighted by Gasteiger charge is -2.30. The van der Waals surface area contributed by atoms with Gasteiger partial charge in [0.2, 0.25) is 17.6 Å². The Balaban J connectivity index is 1.24. The van der Waals surface area contributed by atoms with Crippen LogP contribution in [-0.2, 0) is 17.9 Å². The highest BCUT2D eigenvalue weighted by Gasteiger charge is 2.26. The lowest BCUT2D eigenvalue weighted by molar-refractivity contribution is -0.126. The Morgan fingerprint density at radius 2 is 2.03 bits per heavy atom. The van der Waals surface area contributed by atoms with Crippen molar-refractivity contribution < 1.29 is 14.1 Å². The number of rotatable bonds is 8. The van der Waals surface area contributed by atoms with E-state index < -0.39 is 0 Å². The molecule has 0 spiro atoms. The third-order valence-corrected chi connectivity index (χ3v) is 5.91. The van der Waals surface area contributed by atoms with Gasteiger partial charge in [0.25, 0.3) is 0 Å². The van der Waals surface area contributed by atoms with E-state index in [0.29, 0.717) is 36.4 Å². The summed E-state index contributed by atoms with van der Waals surface area (Å²) in [7, 11) is 0. The second-order valence-corrected chi connectivity index (χ2v) is 8.25. The Kier molecular flexibility index (Phi) is 7.39. The molecule has 1 saturated heterocycles. The van der Waals surface area contributed by atoms with E-state index >= 15 is 0 Å². The fraction of sp³-hybridized carbons (Fsp3) is 0.375. The van der Waals surface area contributed by atoms with Crippen LogP contribution in [0.2, 0.25) is 5.02 Å². The molecule has 1 amide bonds. The van der Waals surface area contributed by atoms with Gasteiger partial charge >= 0.3 is 0 Å². The smallest absolute Gasteiger partial charge is 0.241 e. The van der Waals surface area contributed by atoms with Gasteiger partial charge < -0.3 is 14.6 Å². The van der Waals surface area contributed by atoms with Crippen LogP contribution < -0.4 is 10.1 Å². The largest absolute Gasteiger partial charge is 0.494 e. The minimum absolute atomic E-state index is 0.0164. The molecule has 1 N–H and O–H groups in total. The number of amides is 1. The molecular formula is C24H27ClN4O3. The van der Waals surface area contributed by atoms with E-state index in [1.54, 1.807) is 6.07 Å². The predicted molar refractivity (Wildman–Crippen MR) is 122 cm³/mol. The quantitative estimate of drug-likeness (QED) is 0.546. The van der Waals surface area contributed by atoms with Gasteiger partial charge in [-0.1, -0.05) is 41.0 Å². The van der Waals surface area contributed by atoms with Crippen molar-refractivity contribution in [3.8, 4) is 17.1 Å². The van der Waals surface area contributed by atoms with Crippen LogP contribution in [0.25, 0.3) is 11.4 Å². The molecule has 0 saturated carbocycles. The van der Waals surface area contributed by atoms with Crippen molar-refractivity contribution in [1.82, 2.24) is 20.4 Å². The number of benzene rings is 2. The molecule has 1 aliphatic heterocycles. The first-order valence-corrected chi connectivity index (χ1v) is 11.3. The van der Waals surface area contributed by atoms with Crippen LogP contribution >= 0.6 is 11.6 Å². The highest BCUT2D eigenvalue weighted by Crippen LogP contribution is 2.26. The summed E-state index contributed by atoms with van der Waals surface area (Å²) in [5, 5.41) is 7.71. The lowest BCUT2D eigenvalue weighted by Crippen LogP contribution is -2.40. The molecule has 4 rings (SSSR count). The van der Waals surface area contributed by atoms with Crippen LogP contribution in [-0.4, -0.2) is 40.6 Å². The number of likely N-dealkylation sites (tertiary alicyclic amines) is 1. The van der Waals surface area contributed by atoms with Crippen LogP contribution in [0.5, 0.6) is 5.75 Å². The predicted octanol–water partition coefficient (Wildman–Crippen LogP) is 4.32. The second kappa shape index (κ2) is 10.6. The molecule has 1 aliphatic rings. The summed E-state index contributed by atoms with van der Waals surface area (Å²) in [5.74, 6) is 1.99. The third-order valence-electron chi connectivity index (χ3n) is 5.58. The van der Waals surface area contributed by atoms with Gasteiger partial charge in [0.05, 0.1) is 18.2 Å².